The molecule has 0 bridgehead atoms. The van der Waals surface area contributed by atoms with E-state index in [1.807, 2.05) is 13.8 Å². The molecule has 1 unspecified atom stereocenters. The van der Waals surface area contributed by atoms with E-state index in [9.17, 15) is 9.59 Å². The number of carbonyl (C=O) groups excluding carboxylic acids is 2. The van der Waals surface area contributed by atoms with E-state index in [-0.39, 0.29) is 12.0 Å². The molecule has 1 atom stereocenters. The molecule has 0 saturated carbocycles. The van der Waals surface area contributed by atoms with Gasteiger partial charge in [-0.05, 0) is 13.8 Å². The number of hydrogen-bond donors (Lipinski definition) is 2. The van der Waals surface area contributed by atoms with Gasteiger partial charge in [-0.25, -0.2) is 4.79 Å². The summed E-state index contributed by atoms with van der Waals surface area (Å²) in [6.45, 7) is 4.64. The van der Waals surface area contributed by atoms with Crippen LogP contribution in [-0.2, 0) is 9.53 Å². The van der Waals surface area contributed by atoms with Crippen molar-refractivity contribution >= 4 is 23.5 Å². The lowest BCUT2D eigenvalue weighted by molar-refractivity contribution is -0.117. The maximum absolute atomic E-state index is 11.0. The molecular formula is C8H15ClN2O3. The third-order valence-corrected chi connectivity index (χ3v) is 1.62. The first-order valence-electron chi connectivity index (χ1n) is 4.35. The number of urea groups is 1. The van der Waals surface area contributed by atoms with Crippen molar-refractivity contribution < 1.29 is 14.3 Å². The molecule has 0 fully saturated rings. The molecule has 82 valence electrons. The van der Waals surface area contributed by atoms with Crippen molar-refractivity contribution in [2.45, 2.75) is 20.0 Å². The minimum Gasteiger partial charge on any atom is -0.377 e. The molecule has 0 radical (unpaired) electrons. The van der Waals surface area contributed by atoms with E-state index < -0.39 is 11.9 Å². The highest BCUT2D eigenvalue weighted by Crippen LogP contribution is 1.86. The van der Waals surface area contributed by atoms with Crippen molar-refractivity contribution in [2.75, 3.05) is 19.0 Å². The fraction of sp³-hybridized carbons (Fsp3) is 0.750. The van der Waals surface area contributed by atoms with Crippen LogP contribution in [0.3, 0.4) is 0 Å². The summed E-state index contributed by atoms with van der Waals surface area (Å²) in [6, 6.07) is -0.554. The lowest BCUT2D eigenvalue weighted by atomic mass is 10.4. The molecule has 0 saturated heterocycles. The van der Waals surface area contributed by atoms with Crippen molar-refractivity contribution in [3.05, 3.63) is 0 Å². The molecule has 2 N–H and O–H groups in total. The quantitative estimate of drug-likeness (QED) is 0.665. The minimum atomic E-state index is -0.554. The number of alkyl halides is 1. The van der Waals surface area contributed by atoms with E-state index in [1.54, 1.807) is 0 Å². The summed E-state index contributed by atoms with van der Waals surface area (Å²) in [5.41, 5.74) is 0. The van der Waals surface area contributed by atoms with Gasteiger partial charge in [-0.3, -0.25) is 10.1 Å². The van der Waals surface area contributed by atoms with Crippen molar-refractivity contribution in [3.8, 4) is 0 Å². The monoisotopic (exact) mass is 222 g/mol. The average molecular weight is 223 g/mol. The predicted octanol–water partition coefficient (Wildman–Crippen LogP) is 0.476. The Morgan fingerprint density at radius 1 is 1.50 bits per heavy atom. The fourth-order valence-electron chi connectivity index (χ4n) is 0.784. The van der Waals surface area contributed by atoms with Crippen LogP contribution < -0.4 is 10.6 Å². The largest absolute Gasteiger partial charge is 0.377 e. The molecule has 3 amide bonds. The van der Waals surface area contributed by atoms with Gasteiger partial charge in [0.1, 0.15) is 5.88 Å². The summed E-state index contributed by atoms with van der Waals surface area (Å²) in [5, 5.41) is 4.53. The van der Waals surface area contributed by atoms with Gasteiger partial charge in [0.05, 0.1) is 6.10 Å². The van der Waals surface area contributed by atoms with Crippen LogP contribution in [0, 0.1) is 0 Å². The number of rotatable bonds is 5. The highest BCUT2D eigenvalue weighted by Gasteiger charge is 2.07. The maximum atomic E-state index is 11.0. The zero-order valence-electron chi connectivity index (χ0n) is 8.30. The van der Waals surface area contributed by atoms with Crippen LogP contribution in [0.4, 0.5) is 4.79 Å². The number of halogens is 1. The first-order chi connectivity index (χ1) is 6.60. The normalized spacial score (nSPS) is 11.9. The van der Waals surface area contributed by atoms with Crippen molar-refractivity contribution in [1.82, 2.24) is 10.6 Å². The highest BCUT2D eigenvalue weighted by molar-refractivity contribution is 6.28. The summed E-state index contributed by atoms with van der Waals surface area (Å²) in [4.78, 5) is 21.6. The van der Waals surface area contributed by atoms with E-state index in [2.05, 4.69) is 10.6 Å². The van der Waals surface area contributed by atoms with Crippen molar-refractivity contribution in [2.24, 2.45) is 0 Å². The Kier molecular flexibility index (Phi) is 7.14. The van der Waals surface area contributed by atoms with Crippen LogP contribution in [0.2, 0.25) is 0 Å². The van der Waals surface area contributed by atoms with Crippen LogP contribution in [0.25, 0.3) is 0 Å². The predicted molar refractivity (Wildman–Crippen MR) is 53.3 cm³/mol. The van der Waals surface area contributed by atoms with E-state index in [0.29, 0.717) is 13.2 Å². The smallest absolute Gasteiger partial charge is 0.321 e. The molecule has 0 heterocycles. The van der Waals surface area contributed by atoms with Crippen LogP contribution in [0.1, 0.15) is 13.8 Å². The van der Waals surface area contributed by atoms with Gasteiger partial charge in [-0.15, -0.1) is 11.6 Å². The molecule has 0 aliphatic carbocycles. The Morgan fingerprint density at radius 3 is 2.64 bits per heavy atom. The summed E-state index contributed by atoms with van der Waals surface area (Å²) in [7, 11) is 0. The van der Waals surface area contributed by atoms with Gasteiger partial charge in [0.25, 0.3) is 0 Å². The van der Waals surface area contributed by atoms with Crippen LogP contribution in [0.15, 0.2) is 0 Å². The van der Waals surface area contributed by atoms with Crippen molar-refractivity contribution in [1.29, 1.82) is 0 Å². The number of hydrogen-bond acceptors (Lipinski definition) is 3. The highest BCUT2D eigenvalue weighted by atomic mass is 35.5. The molecule has 0 rings (SSSR count). The van der Waals surface area contributed by atoms with Gasteiger partial charge >= 0.3 is 6.03 Å². The van der Waals surface area contributed by atoms with Gasteiger partial charge in [0.2, 0.25) is 5.91 Å². The van der Waals surface area contributed by atoms with Gasteiger partial charge in [-0.2, -0.15) is 0 Å². The fourth-order valence-corrected chi connectivity index (χ4v) is 0.851. The average Bonchev–Trinajstić information content (AvgIpc) is 2.15. The molecule has 0 aromatic heterocycles. The molecule has 0 aromatic rings. The van der Waals surface area contributed by atoms with E-state index in [1.165, 1.54) is 0 Å². The number of ether oxygens (including phenoxy) is 1. The third kappa shape index (κ3) is 6.68. The van der Waals surface area contributed by atoms with E-state index in [4.69, 9.17) is 16.3 Å². The van der Waals surface area contributed by atoms with Gasteiger partial charge in [-0.1, -0.05) is 0 Å². The SMILES string of the molecule is CCOC(C)CNC(=O)NC(=O)CCl. The Morgan fingerprint density at radius 2 is 2.14 bits per heavy atom. The number of amides is 3. The first kappa shape index (κ1) is 13.2. The second-order valence-electron chi connectivity index (χ2n) is 2.66. The second kappa shape index (κ2) is 7.58. The lowest BCUT2D eigenvalue weighted by Gasteiger charge is -2.12. The van der Waals surface area contributed by atoms with Gasteiger partial charge in [0.15, 0.2) is 0 Å². The molecule has 14 heavy (non-hydrogen) atoms. The van der Waals surface area contributed by atoms with Crippen LogP contribution in [0.5, 0.6) is 0 Å². The van der Waals surface area contributed by atoms with E-state index >= 15 is 0 Å². The molecule has 6 heteroatoms. The van der Waals surface area contributed by atoms with Crippen LogP contribution in [-0.4, -0.2) is 37.1 Å². The molecule has 5 nitrogen and oxygen atoms in total. The molecule has 0 aromatic carbocycles. The number of carbonyl (C=O) groups is 2. The standard InChI is InChI=1S/C8H15ClN2O3/c1-3-14-6(2)5-10-8(13)11-7(12)4-9/h6H,3-5H2,1-2H3,(H2,10,11,12,13). The van der Waals surface area contributed by atoms with E-state index in [0.717, 1.165) is 0 Å². The first-order valence-corrected chi connectivity index (χ1v) is 4.88. The molecule has 0 aliphatic heterocycles. The second-order valence-corrected chi connectivity index (χ2v) is 2.93. The Labute approximate surface area is 88.1 Å². The summed E-state index contributed by atoms with van der Waals surface area (Å²) in [5.74, 6) is -0.748. The zero-order chi connectivity index (χ0) is 11.0. The molecule has 0 aliphatic rings. The number of imide groups is 1. The molecular weight excluding hydrogens is 208 g/mol. The Balaban J connectivity index is 3.58. The topological polar surface area (TPSA) is 67.4 Å². The minimum absolute atomic E-state index is 0.0724. The molecule has 0 spiro atoms. The Hall–Kier alpha value is -0.810. The van der Waals surface area contributed by atoms with Crippen molar-refractivity contribution in [3.63, 3.8) is 0 Å². The number of nitrogens with one attached hydrogen (secondary N) is 2. The summed E-state index contributed by atoms with van der Waals surface area (Å²) in [6.07, 6.45) is -0.0724. The summed E-state index contributed by atoms with van der Waals surface area (Å²) >= 11 is 5.19. The van der Waals surface area contributed by atoms with Crippen LogP contribution >= 0.6 is 11.6 Å². The Bertz CT molecular complexity index is 199. The van der Waals surface area contributed by atoms with Gasteiger partial charge < -0.3 is 10.1 Å². The maximum Gasteiger partial charge on any atom is 0.321 e. The summed E-state index contributed by atoms with van der Waals surface area (Å²) < 4.78 is 5.17. The van der Waals surface area contributed by atoms with Gasteiger partial charge in [0, 0.05) is 13.2 Å². The zero-order valence-corrected chi connectivity index (χ0v) is 9.06. The third-order valence-electron chi connectivity index (χ3n) is 1.38. The lowest BCUT2D eigenvalue weighted by Crippen LogP contribution is -2.42.